The molecule has 13 heavy (non-hydrogen) atoms. The molecule has 2 nitrogen and oxygen atoms in total. The third-order valence-electron chi connectivity index (χ3n) is 1.83. The molecule has 0 saturated heterocycles. The van der Waals surface area contributed by atoms with E-state index < -0.39 is 0 Å². The molecule has 2 aromatic rings. The molecule has 0 fully saturated rings. The zero-order valence-corrected chi connectivity index (χ0v) is 7.66. The molecule has 0 unspecified atom stereocenters. The summed E-state index contributed by atoms with van der Waals surface area (Å²) in [4.78, 5) is 0. The van der Waals surface area contributed by atoms with Crippen molar-refractivity contribution in [3.8, 4) is 0 Å². The Morgan fingerprint density at radius 1 is 1.23 bits per heavy atom. The van der Waals surface area contributed by atoms with Crippen LogP contribution in [0.4, 0.5) is 0 Å². The van der Waals surface area contributed by atoms with E-state index >= 15 is 0 Å². The van der Waals surface area contributed by atoms with E-state index in [2.05, 4.69) is 5.16 Å². The first-order valence-corrected chi connectivity index (χ1v) is 4.37. The molecule has 66 valence electrons. The highest BCUT2D eigenvalue weighted by Crippen LogP contribution is 2.17. The van der Waals surface area contributed by atoms with Crippen molar-refractivity contribution in [1.82, 2.24) is 5.16 Å². The van der Waals surface area contributed by atoms with Gasteiger partial charge in [0.15, 0.2) is 0 Å². The van der Waals surface area contributed by atoms with Crippen LogP contribution in [0.3, 0.4) is 0 Å². The Morgan fingerprint density at radius 2 is 2.00 bits per heavy atom. The molecule has 0 atom stereocenters. The molecule has 1 aromatic carbocycles. The molecule has 0 spiro atoms. The maximum absolute atomic E-state index is 5.76. The lowest BCUT2D eigenvalue weighted by Crippen LogP contribution is -1.84. The first kappa shape index (κ1) is 8.32. The van der Waals surface area contributed by atoms with E-state index in [9.17, 15) is 0 Å². The van der Waals surface area contributed by atoms with Crippen molar-refractivity contribution < 1.29 is 4.52 Å². The highest BCUT2D eigenvalue weighted by molar-refractivity contribution is 6.29. The van der Waals surface area contributed by atoms with Gasteiger partial charge in [-0.25, -0.2) is 0 Å². The Kier molecular flexibility index (Phi) is 2.32. The quantitative estimate of drug-likeness (QED) is 0.733. The van der Waals surface area contributed by atoms with Gasteiger partial charge in [0.25, 0.3) is 0 Å². The van der Waals surface area contributed by atoms with Gasteiger partial charge in [-0.2, -0.15) is 0 Å². The summed E-state index contributed by atoms with van der Waals surface area (Å²) >= 11 is 5.76. The Morgan fingerprint density at radius 3 is 2.62 bits per heavy atom. The fourth-order valence-corrected chi connectivity index (χ4v) is 1.33. The molecule has 0 N–H and O–H groups in total. The van der Waals surface area contributed by atoms with Crippen molar-refractivity contribution in [2.24, 2.45) is 0 Å². The van der Waals surface area contributed by atoms with Gasteiger partial charge in [-0.15, -0.1) is 0 Å². The number of halogens is 1. The summed E-state index contributed by atoms with van der Waals surface area (Å²) in [5, 5.41) is 3.99. The van der Waals surface area contributed by atoms with Crippen molar-refractivity contribution >= 4 is 11.6 Å². The van der Waals surface area contributed by atoms with E-state index in [1.807, 2.05) is 30.3 Å². The summed E-state index contributed by atoms with van der Waals surface area (Å²) in [6, 6.07) is 10.1. The van der Waals surface area contributed by atoms with E-state index in [0.29, 0.717) is 5.22 Å². The molecule has 1 aromatic heterocycles. The SMILES string of the molecule is Clc1oncc1Cc1ccccc1. The summed E-state index contributed by atoms with van der Waals surface area (Å²) in [6.07, 6.45) is 2.42. The van der Waals surface area contributed by atoms with Crippen LogP contribution in [0, 0.1) is 0 Å². The Hall–Kier alpha value is -1.28. The number of rotatable bonds is 2. The number of nitrogens with zero attached hydrogens (tertiary/aromatic N) is 1. The summed E-state index contributed by atoms with van der Waals surface area (Å²) in [7, 11) is 0. The van der Waals surface area contributed by atoms with Gasteiger partial charge in [-0.1, -0.05) is 35.5 Å². The Bertz CT molecular complexity index is 383. The van der Waals surface area contributed by atoms with Gasteiger partial charge in [-0.3, -0.25) is 0 Å². The molecule has 2 rings (SSSR count). The fraction of sp³-hybridized carbons (Fsp3) is 0.100. The second-order valence-corrected chi connectivity index (χ2v) is 3.13. The molecule has 0 aliphatic heterocycles. The predicted octanol–water partition coefficient (Wildman–Crippen LogP) is 2.92. The maximum Gasteiger partial charge on any atom is 0.229 e. The van der Waals surface area contributed by atoms with Gasteiger partial charge in [0.05, 0.1) is 6.20 Å². The molecule has 0 aliphatic carbocycles. The van der Waals surface area contributed by atoms with Gasteiger partial charge >= 0.3 is 0 Å². The summed E-state index contributed by atoms with van der Waals surface area (Å²) in [5.74, 6) is 0. The average Bonchev–Trinajstić information content (AvgIpc) is 2.54. The van der Waals surface area contributed by atoms with Crippen molar-refractivity contribution in [1.29, 1.82) is 0 Å². The van der Waals surface area contributed by atoms with Crippen molar-refractivity contribution in [2.75, 3.05) is 0 Å². The van der Waals surface area contributed by atoms with Gasteiger partial charge in [-0.05, 0) is 17.2 Å². The van der Waals surface area contributed by atoms with Crippen molar-refractivity contribution in [2.45, 2.75) is 6.42 Å². The molecular formula is C10H8ClNO. The molecule has 0 aliphatic rings. The van der Waals surface area contributed by atoms with E-state index in [4.69, 9.17) is 16.1 Å². The zero-order chi connectivity index (χ0) is 9.10. The van der Waals surface area contributed by atoms with Crippen LogP contribution in [0.25, 0.3) is 0 Å². The van der Waals surface area contributed by atoms with Crippen molar-refractivity contribution in [3.63, 3.8) is 0 Å². The molecule has 0 radical (unpaired) electrons. The smallest absolute Gasteiger partial charge is 0.229 e. The van der Waals surface area contributed by atoms with Crippen LogP contribution in [0.15, 0.2) is 41.1 Å². The number of aromatic nitrogens is 1. The van der Waals surface area contributed by atoms with Crippen LogP contribution in [0.5, 0.6) is 0 Å². The largest absolute Gasteiger partial charge is 0.344 e. The minimum atomic E-state index is 0.379. The zero-order valence-electron chi connectivity index (χ0n) is 6.90. The lowest BCUT2D eigenvalue weighted by atomic mass is 10.1. The molecule has 1 heterocycles. The normalized spacial score (nSPS) is 10.2. The van der Waals surface area contributed by atoms with Gasteiger partial charge in [0.2, 0.25) is 5.22 Å². The standard InChI is InChI=1S/C10H8ClNO/c11-10-9(7-12-13-10)6-8-4-2-1-3-5-8/h1-5,7H,6H2. The first-order chi connectivity index (χ1) is 6.36. The third kappa shape index (κ3) is 1.90. The third-order valence-corrected chi connectivity index (χ3v) is 2.14. The van der Waals surface area contributed by atoms with Gasteiger partial charge in [0, 0.05) is 12.0 Å². The predicted molar refractivity (Wildman–Crippen MR) is 50.8 cm³/mol. The highest BCUT2D eigenvalue weighted by atomic mass is 35.5. The van der Waals surface area contributed by atoms with Crippen LogP contribution in [-0.2, 0) is 6.42 Å². The fourth-order valence-electron chi connectivity index (χ4n) is 1.18. The van der Waals surface area contributed by atoms with Gasteiger partial charge < -0.3 is 4.52 Å². The summed E-state index contributed by atoms with van der Waals surface area (Å²) in [6.45, 7) is 0. The van der Waals surface area contributed by atoms with E-state index in [1.54, 1.807) is 6.20 Å². The molecule has 3 heteroatoms. The van der Waals surface area contributed by atoms with Crippen molar-refractivity contribution in [3.05, 3.63) is 52.9 Å². The second-order valence-electron chi connectivity index (χ2n) is 2.79. The lowest BCUT2D eigenvalue weighted by Gasteiger charge is -1.96. The molecule has 0 saturated carbocycles. The first-order valence-electron chi connectivity index (χ1n) is 3.99. The number of hydrogen-bond donors (Lipinski definition) is 0. The molecular weight excluding hydrogens is 186 g/mol. The Balaban J connectivity index is 2.20. The minimum absolute atomic E-state index is 0.379. The van der Waals surface area contributed by atoms with E-state index in [-0.39, 0.29) is 0 Å². The van der Waals surface area contributed by atoms with Crippen LogP contribution in [0.1, 0.15) is 11.1 Å². The number of hydrogen-bond acceptors (Lipinski definition) is 2. The van der Waals surface area contributed by atoms with Crippen LogP contribution < -0.4 is 0 Å². The van der Waals surface area contributed by atoms with Crippen LogP contribution in [0.2, 0.25) is 5.22 Å². The second kappa shape index (κ2) is 3.62. The highest BCUT2D eigenvalue weighted by Gasteiger charge is 2.04. The van der Waals surface area contributed by atoms with E-state index in [0.717, 1.165) is 12.0 Å². The van der Waals surface area contributed by atoms with E-state index in [1.165, 1.54) is 5.56 Å². The average molecular weight is 194 g/mol. The molecule has 0 bridgehead atoms. The van der Waals surface area contributed by atoms with Crippen LogP contribution >= 0.6 is 11.6 Å². The van der Waals surface area contributed by atoms with Gasteiger partial charge in [0.1, 0.15) is 0 Å². The molecule has 0 amide bonds. The summed E-state index contributed by atoms with van der Waals surface area (Å²) < 4.78 is 4.75. The Labute approximate surface area is 81.1 Å². The minimum Gasteiger partial charge on any atom is -0.344 e. The number of benzene rings is 1. The summed E-state index contributed by atoms with van der Waals surface area (Å²) in [5.41, 5.74) is 2.13. The monoisotopic (exact) mass is 193 g/mol. The van der Waals surface area contributed by atoms with Crippen LogP contribution in [-0.4, -0.2) is 5.16 Å². The lowest BCUT2D eigenvalue weighted by molar-refractivity contribution is 0.421. The maximum atomic E-state index is 5.76. The topological polar surface area (TPSA) is 26.0 Å².